The standard InChI is InChI=1S/C16H17NO4/c1-3-20-16(18)14-8-5-9-17-15(14)11-21-13-7-4-6-12(10-13)19-2/h4-10H,3,11H2,1-2H3. The van der Waals surface area contributed by atoms with Gasteiger partial charge in [0, 0.05) is 12.3 Å². The topological polar surface area (TPSA) is 57.7 Å². The molecule has 0 aliphatic rings. The Kier molecular flexibility index (Phi) is 5.15. The number of carbonyl (C=O) groups excluding carboxylic acids is 1. The van der Waals surface area contributed by atoms with Crippen LogP contribution in [0.25, 0.3) is 0 Å². The summed E-state index contributed by atoms with van der Waals surface area (Å²) < 4.78 is 15.8. The molecule has 2 rings (SSSR count). The zero-order valence-corrected chi connectivity index (χ0v) is 12.0. The molecule has 5 nitrogen and oxygen atoms in total. The van der Waals surface area contributed by atoms with Crippen LogP contribution in [-0.4, -0.2) is 24.7 Å². The number of nitrogens with zero attached hydrogens (tertiary/aromatic N) is 1. The third kappa shape index (κ3) is 3.95. The number of aromatic nitrogens is 1. The van der Waals surface area contributed by atoms with Crippen LogP contribution in [0.4, 0.5) is 0 Å². The number of pyridine rings is 1. The van der Waals surface area contributed by atoms with Gasteiger partial charge in [0.05, 0.1) is 25.0 Å². The Hall–Kier alpha value is -2.56. The molecule has 0 fully saturated rings. The van der Waals surface area contributed by atoms with Gasteiger partial charge in [-0.15, -0.1) is 0 Å². The summed E-state index contributed by atoms with van der Waals surface area (Å²) in [5.74, 6) is 0.962. The van der Waals surface area contributed by atoms with Crippen LogP contribution in [0, 0.1) is 0 Å². The molecular weight excluding hydrogens is 270 g/mol. The van der Waals surface area contributed by atoms with Crippen molar-refractivity contribution in [2.24, 2.45) is 0 Å². The molecule has 0 N–H and O–H groups in total. The van der Waals surface area contributed by atoms with Crippen molar-refractivity contribution in [3.8, 4) is 11.5 Å². The monoisotopic (exact) mass is 287 g/mol. The van der Waals surface area contributed by atoms with Gasteiger partial charge in [-0.05, 0) is 31.2 Å². The van der Waals surface area contributed by atoms with Crippen LogP contribution in [0.3, 0.4) is 0 Å². The summed E-state index contributed by atoms with van der Waals surface area (Å²) >= 11 is 0. The number of hydrogen-bond donors (Lipinski definition) is 0. The van der Waals surface area contributed by atoms with E-state index in [1.165, 1.54) is 0 Å². The van der Waals surface area contributed by atoms with Crippen molar-refractivity contribution in [1.82, 2.24) is 4.98 Å². The molecule has 0 aliphatic carbocycles. The fourth-order valence-electron chi connectivity index (χ4n) is 1.79. The highest BCUT2D eigenvalue weighted by Gasteiger charge is 2.13. The van der Waals surface area contributed by atoms with Gasteiger partial charge in [0.25, 0.3) is 0 Å². The number of carbonyl (C=O) groups is 1. The second kappa shape index (κ2) is 7.28. The maximum atomic E-state index is 11.8. The van der Waals surface area contributed by atoms with Crippen molar-refractivity contribution in [2.75, 3.05) is 13.7 Å². The van der Waals surface area contributed by atoms with Gasteiger partial charge >= 0.3 is 5.97 Å². The summed E-state index contributed by atoms with van der Waals surface area (Å²) in [6.07, 6.45) is 1.62. The van der Waals surface area contributed by atoms with Crippen molar-refractivity contribution in [1.29, 1.82) is 0 Å². The first kappa shape index (κ1) is 14.8. The predicted octanol–water partition coefficient (Wildman–Crippen LogP) is 2.85. The molecule has 0 bridgehead atoms. The summed E-state index contributed by atoms with van der Waals surface area (Å²) in [7, 11) is 1.59. The van der Waals surface area contributed by atoms with E-state index in [1.54, 1.807) is 38.4 Å². The highest BCUT2D eigenvalue weighted by atomic mass is 16.5. The van der Waals surface area contributed by atoms with E-state index < -0.39 is 5.97 Å². The van der Waals surface area contributed by atoms with Crippen LogP contribution >= 0.6 is 0 Å². The molecule has 1 aromatic carbocycles. The van der Waals surface area contributed by atoms with Gasteiger partial charge in [0.1, 0.15) is 18.1 Å². The van der Waals surface area contributed by atoms with E-state index in [9.17, 15) is 4.79 Å². The summed E-state index contributed by atoms with van der Waals surface area (Å²) in [6, 6.07) is 10.6. The van der Waals surface area contributed by atoms with Crippen molar-refractivity contribution < 1.29 is 19.0 Å². The molecule has 0 radical (unpaired) electrons. The van der Waals surface area contributed by atoms with Crippen LogP contribution in [0.2, 0.25) is 0 Å². The highest BCUT2D eigenvalue weighted by Crippen LogP contribution is 2.20. The molecule has 0 spiro atoms. The Morgan fingerprint density at radius 3 is 2.76 bits per heavy atom. The van der Waals surface area contributed by atoms with E-state index in [-0.39, 0.29) is 6.61 Å². The molecule has 0 saturated heterocycles. The van der Waals surface area contributed by atoms with E-state index in [2.05, 4.69) is 4.98 Å². The Labute approximate surface area is 123 Å². The minimum Gasteiger partial charge on any atom is -0.497 e. The predicted molar refractivity (Wildman–Crippen MR) is 77.5 cm³/mol. The molecule has 0 aliphatic heterocycles. The normalized spacial score (nSPS) is 10.0. The average Bonchev–Trinajstić information content (AvgIpc) is 2.53. The van der Waals surface area contributed by atoms with E-state index in [0.717, 1.165) is 0 Å². The third-order valence-corrected chi connectivity index (χ3v) is 2.80. The number of hydrogen-bond acceptors (Lipinski definition) is 5. The number of rotatable bonds is 6. The lowest BCUT2D eigenvalue weighted by atomic mass is 10.2. The SMILES string of the molecule is CCOC(=O)c1cccnc1COc1cccc(OC)c1. The first-order valence-corrected chi connectivity index (χ1v) is 6.62. The second-order valence-corrected chi connectivity index (χ2v) is 4.19. The summed E-state index contributed by atoms with van der Waals surface area (Å²) in [4.78, 5) is 16.0. The lowest BCUT2D eigenvalue weighted by Crippen LogP contribution is -2.11. The average molecular weight is 287 g/mol. The molecule has 110 valence electrons. The quantitative estimate of drug-likeness (QED) is 0.765. The van der Waals surface area contributed by atoms with Gasteiger partial charge in [-0.2, -0.15) is 0 Å². The van der Waals surface area contributed by atoms with Crippen molar-refractivity contribution in [3.05, 3.63) is 53.9 Å². The maximum absolute atomic E-state index is 11.8. The molecule has 21 heavy (non-hydrogen) atoms. The number of ether oxygens (including phenoxy) is 3. The summed E-state index contributed by atoms with van der Waals surface area (Å²) in [6.45, 7) is 2.27. The zero-order valence-electron chi connectivity index (χ0n) is 12.0. The third-order valence-electron chi connectivity index (χ3n) is 2.80. The lowest BCUT2D eigenvalue weighted by molar-refractivity contribution is 0.0522. The van der Waals surface area contributed by atoms with E-state index in [4.69, 9.17) is 14.2 Å². The van der Waals surface area contributed by atoms with Crippen molar-refractivity contribution in [2.45, 2.75) is 13.5 Å². The molecule has 0 atom stereocenters. The number of methoxy groups -OCH3 is 1. The van der Waals surface area contributed by atoms with E-state index >= 15 is 0 Å². The van der Waals surface area contributed by atoms with Crippen LogP contribution in [0.1, 0.15) is 23.0 Å². The maximum Gasteiger partial charge on any atom is 0.340 e. The summed E-state index contributed by atoms with van der Waals surface area (Å²) in [5, 5.41) is 0. The van der Waals surface area contributed by atoms with Crippen LogP contribution in [0.15, 0.2) is 42.6 Å². The Balaban J connectivity index is 2.10. The first-order valence-electron chi connectivity index (χ1n) is 6.62. The van der Waals surface area contributed by atoms with Crippen LogP contribution in [0.5, 0.6) is 11.5 Å². The van der Waals surface area contributed by atoms with Gasteiger partial charge in [-0.25, -0.2) is 4.79 Å². The van der Waals surface area contributed by atoms with Gasteiger partial charge in [0.15, 0.2) is 0 Å². The fourth-order valence-corrected chi connectivity index (χ4v) is 1.79. The molecule has 1 aromatic heterocycles. The summed E-state index contributed by atoms with van der Waals surface area (Å²) in [5.41, 5.74) is 0.959. The van der Waals surface area contributed by atoms with Crippen LogP contribution in [-0.2, 0) is 11.3 Å². The van der Waals surface area contributed by atoms with Gasteiger partial charge in [0.2, 0.25) is 0 Å². The van der Waals surface area contributed by atoms with E-state index in [1.807, 2.05) is 18.2 Å². The number of benzene rings is 1. The van der Waals surface area contributed by atoms with E-state index in [0.29, 0.717) is 29.4 Å². The zero-order chi connectivity index (χ0) is 15.1. The van der Waals surface area contributed by atoms with Crippen LogP contribution < -0.4 is 9.47 Å². The molecule has 1 heterocycles. The van der Waals surface area contributed by atoms with Crippen molar-refractivity contribution in [3.63, 3.8) is 0 Å². The van der Waals surface area contributed by atoms with Crippen molar-refractivity contribution >= 4 is 5.97 Å². The Morgan fingerprint density at radius 1 is 1.19 bits per heavy atom. The minimum absolute atomic E-state index is 0.183. The fraction of sp³-hybridized carbons (Fsp3) is 0.250. The molecule has 0 unspecified atom stereocenters. The largest absolute Gasteiger partial charge is 0.497 e. The minimum atomic E-state index is -0.394. The molecule has 0 amide bonds. The second-order valence-electron chi connectivity index (χ2n) is 4.19. The van der Waals surface area contributed by atoms with Gasteiger partial charge in [-0.3, -0.25) is 4.98 Å². The number of esters is 1. The Morgan fingerprint density at radius 2 is 2.00 bits per heavy atom. The Bertz CT molecular complexity index is 613. The molecule has 5 heteroatoms. The lowest BCUT2D eigenvalue weighted by Gasteiger charge is -2.10. The molecule has 2 aromatic rings. The van der Waals surface area contributed by atoms with Gasteiger partial charge < -0.3 is 14.2 Å². The highest BCUT2D eigenvalue weighted by molar-refractivity contribution is 5.90. The molecule has 0 saturated carbocycles. The smallest absolute Gasteiger partial charge is 0.340 e. The van der Waals surface area contributed by atoms with Gasteiger partial charge in [-0.1, -0.05) is 6.07 Å². The first-order chi connectivity index (χ1) is 10.2. The molecular formula is C16H17NO4.